The van der Waals surface area contributed by atoms with E-state index in [1.165, 1.54) is 6.92 Å². The summed E-state index contributed by atoms with van der Waals surface area (Å²) in [4.78, 5) is 20.4. The van der Waals surface area contributed by atoms with Crippen molar-refractivity contribution < 1.29 is 14.3 Å². The maximum Gasteiger partial charge on any atom is 0.302 e. The van der Waals surface area contributed by atoms with Crippen molar-refractivity contribution in [2.45, 2.75) is 6.92 Å². The topological polar surface area (TPSA) is 55.4 Å². The molecule has 0 radical (unpaired) electrons. The van der Waals surface area contributed by atoms with Crippen molar-refractivity contribution >= 4 is 32.5 Å². The number of ether oxygens (including phenoxy) is 1. The van der Waals surface area contributed by atoms with Gasteiger partial charge in [0, 0.05) is 29.5 Å². The Kier molecular flexibility index (Phi) is 5.27. The van der Waals surface area contributed by atoms with Crippen LogP contribution in [-0.2, 0) is 9.53 Å². The third-order valence-corrected chi connectivity index (χ3v) is 1.05. The van der Waals surface area contributed by atoms with Crippen LogP contribution in [0.3, 0.4) is 0 Å². The third-order valence-electron chi connectivity index (χ3n) is 0.671. The van der Waals surface area contributed by atoms with E-state index in [0.717, 1.165) is 0 Å². The lowest BCUT2D eigenvalue weighted by Crippen LogP contribution is -2.22. The zero-order valence-electron chi connectivity index (χ0n) is 5.52. The van der Waals surface area contributed by atoms with Crippen LogP contribution in [0.5, 0.6) is 0 Å². The van der Waals surface area contributed by atoms with Gasteiger partial charge in [-0.25, -0.2) is 0 Å². The molecular weight excluding hydrogens is 249 g/mol. The Labute approximate surface area is 72.4 Å². The molecule has 1 N–H and O–H groups in total. The van der Waals surface area contributed by atoms with Gasteiger partial charge in [0.05, 0.1) is 6.54 Å². The second-order valence-corrected chi connectivity index (χ2v) is 2.52. The van der Waals surface area contributed by atoms with Gasteiger partial charge in [0.1, 0.15) is 6.61 Å². The molecule has 0 rings (SSSR count). The largest absolute Gasteiger partial charge is 0.464 e. The summed E-state index contributed by atoms with van der Waals surface area (Å²) >= 11 is 1.61. The zero-order valence-corrected chi connectivity index (χ0v) is 7.67. The Morgan fingerprint density at radius 2 is 2.20 bits per heavy atom. The Hall–Kier alpha value is -0.330. The first-order chi connectivity index (χ1) is 4.63. The lowest BCUT2D eigenvalue weighted by Gasteiger charge is -2.00. The van der Waals surface area contributed by atoms with Crippen LogP contribution >= 0.6 is 22.6 Å². The van der Waals surface area contributed by atoms with E-state index in [4.69, 9.17) is 0 Å². The Balaban J connectivity index is 3.06. The molecule has 1 amide bonds. The molecule has 0 aromatic heterocycles. The molecule has 0 fully saturated rings. The third kappa shape index (κ3) is 7.67. The number of halogens is 1. The summed E-state index contributed by atoms with van der Waals surface area (Å²) in [5.41, 5.74) is 0. The van der Waals surface area contributed by atoms with E-state index < -0.39 is 0 Å². The quantitative estimate of drug-likeness (QED) is 0.266. The lowest BCUT2D eigenvalue weighted by atomic mass is 10.7. The van der Waals surface area contributed by atoms with Gasteiger partial charge in [-0.3, -0.25) is 9.59 Å². The molecule has 0 aliphatic rings. The van der Waals surface area contributed by atoms with E-state index in [-0.39, 0.29) is 16.5 Å². The number of carbonyl (C=O) groups excluding carboxylic acids is 2. The summed E-state index contributed by atoms with van der Waals surface area (Å²) in [6, 6.07) is 0. The van der Waals surface area contributed by atoms with Crippen LogP contribution < -0.4 is 5.32 Å². The normalized spacial score (nSPS) is 8.60. The van der Waals surface area contributed by atoms with Crippen molar-refractivity contribution in [2.24, 2.45) is 0 Å². The summed E-state index contributed by atoms with van der Waals surface area (Å²) in [7, 11) is 0. The molecule has 0 heterocycles. The molecule has 0 aromatic carbocycles. The number of carbonyl (C=O) groups is 2. The van der Waals surface area contributed by atoms with Crippen molar-refractivity contribution in [1.82, 2.24) is 5.32 Å². The van der Waals surface area contributed by atoms with Crippen molar-refractivity contribution in [3.63, 3.8) is 0 Å². The maximum atomic E-state index is 10.2. The first-order valence-electron chi connectivity index (χ1n) is 2.69. The van der Waals surface area contributed by atoms with Gasteiger partial charge in [-0.1, -0.05) is 0 Å². The second kappa shape index (κ2) is 5.45. The monoisotopic (exact) mass is 257 g/mol. The average Bonchev–Trinajstić information content (AvgIpc) is 1.79. The van der Waals surface area contributed by atoms with Gasteiger partial charge >= 0.3 is 5.97 Å². The van der Waals surface area contributed by atoms with Crippen LogP contribution in [0, 0.1) is 0 Å². The second-order valence-electron chi connectivity index (χ2n) is 1.54. The minimum Gasteiger partial charge on any atom is -0.464 e. The molecule has 0 saturated heterocycles. The van der Waals surface area contributed by atoms with Crippen molar-refractivity contribution in [1.29, 1.82) is 0 Å². The van der Waals surface area contributed by atoms with Crippen molar-refractivity contribution in [3.8, 4) is 0 Å². The van der Waals surface area contributed by atoms with E-state index in [0.29, 0.717) is 6.54 Å². The van der Waals surface area contributed by atoms with Gasteiger partial charge in [0.2, 0.25) is 0 Å². The van der Waals surface area contributed by atoms with Crippen LogP contribution in [0.1, 0.15) is 6.92 Å². The van der Waals surface area contributed by atoms with Crippen molar-refractivity contribution in [3.05, 3.63) is 0 Å². The molecule has 58 valence electrons. The fraction of sp³-hybridized carbons (Fsp3) is 0.600. The highest BCUT2D eigenvalue weighted by molar-refractivity contribution is 14.1. The zero-order chi connectivity index (χ0) is 7.98. The lowest BCUT2D eigenvalue weighted by molar-refractivity contribution is -0.140. The standard InChI is InChI=1S/C5H8INO3/c1-4(8)10-3-2-7-5(6)9/h2-3H2,1H3,(H,7,9). The maximum absolute atomic E-state index is 10.2. The Morgan fingerprint density at radius 3 is 2.60 bits per heavy atom. The molecule has 10 heavy (non-hydrogen) atoms. The van der Waals surface area contributed by atoms with E-state index in [9.17, 15) is 9.59 Å². The smallest absolute Gasteiger partial charge is 0.302 e. The van der Waals surface area contributed by atoms with Crippen LogP contribution in [-0.4, -0.2) is 23.0 Å². The van der Waals surface area contributed by atoms with Gasteiger partial charge in [-0.2, -0.15) is 0 Å². The summed E-state index contributed by atoms with van der Waals surface area (Å²) in [5, 5.41) is 2.47. The molecule has 0 spiro atoms. The van der Waals surface area contributed by atoms with Crippen LogP contribution in [0.15, 0.2) is 0 Å². The average molecular weight is 257 g/mol. The number of amides is 1. The van der Waals surface area contributed by atoms with E-state index >= 15 is 0 Å². The van der Waals surface area contributed by atoms with Crippen LogP contribution in [0.25, 0.3) is 0 Å². The van der Waals surface area contributed by atoms with Gasteiger partial charge in [-0.05, 0) is 0 Å². The summed E-state index contributed by atoms with van der Waals surface area (Å²) < 4.78 is 4.39. The number of hydrogen-bond acceptors (Lipinski definition) is 3. The molecule has 4 nitrogen and oxygen atoms in total. The highest BCUT2D eigenvalue weighted by Crippen LogP contribution is 1.81. The number of esters is 1. The first kappa shape index (κ1) is 9.67. The molecular formula is C5H8INO3. The first-order valence-corrected chi connectivity index (χ1v) is 3.77. The summed E-state index contributed by atoms with van der Waals surface area (Å²) in [6.07, 6.45) is 0. The molecule has 0 atom stereocenters. The molecule has 0 aliphatic carbocycles. The number of nitrogens with one attached hydrogen (secondary N) is 1. The van der Waals surface area contributed by atoms with Gasteiger partial charge in [0.15, 0.2) is 0 Å². The van der Waals surface area contributed by atoms with Gasteiger partial charge < -0.3 is 10.1 Å². The Morgan fingerprint density at radius 1 is 1.60 bits per heavy atom. The van der Waals surface area contributed by atoms with E-state index in [2.05, 4.69) is 10.1 Å². The predicted molar refractivity (Wildman–Crippen MR) is 44.1 cm³/mol. The fourth-order valence-electron chi connectivity index (χ4n) is 0.344. The minimum absolute atomic E-state index is 0.148. The highest BCUT2D eigenvalue weighted by atomic mass is 127. The highest BCUT2D eigenvalue weighted by Gasteiger charge is 1.93. The van der Waals surface area contributed by atoms with E-state index in [1.54, 1.807) is 22.6 Å². The summed E-state index contributed by atoms with van der Waals surface area (Å²) in [5.74, 6) is -0.331. The van der Waals surface area contributed by atoms with Crippen molar-refractivity contribution in [2.75, 3.05) is 13.2 Å². The molecule has 0 aliphatic heterocycles. The fourth-order valence-corrected chi connectivity index (χ4v) is 0.614. The number of rotatable bonds is 3. The van der Waals surface area contributed by atoms with Gasteiger partial charge in [-0.15, -0.1) is 0 Å². The van der Waals surface area contributed by atoms with Crippen LogP contribution in [0.4, 0.5) is 4.79 Å². The predicted octanol–water partition coefficient (Wildman–Crippen LogP) is 0.694. The molecule has 0 bridgehead atoms. The molecule has 0 aromatic rings. The SMILES string of the molecule is CC(=O)OCCNC(=O)I. The minimum atomic E-state index is -0.331. The van der Waals surface area contributed by atoms with E-state index in [1.807, 2.05) is 0 Å². The molecule has 0 saturated carbocycles. The molecule has 5 heteroatoms. The summed E-state index contributed by atoms with van der Waals surface area (Å²) in [6.45, 7) is 1.94. The number of hydrogen-bond donors (Lipinski definition) is 1. The van der Waals surface area contributed by atoms with Crippen LogP contribution in [0.2, 0.25) is 0 Å². The van der Waals surface area contributed by atoms with Gasteiger partial charge in [0.25, 0.3) is 3.91 Å². The Bertz CT molecular complexity index is 121. The molecule has 0 unspecified atom stereocenters.